The molecule has 0 aromatic carbocycles. The van der Waals surface area contributed by atoms with Crippen molar-refractivity contribution in [2.45, 2.75) is 38.9 Å². The van der Waals surface area contributed by atoms with E-state index in [2.05, 4.69) is 10.6 Å². The van der Waals surface area contributed by atoms with Crippen LogP contribution in [-0.2, 0) is 28.6 Å². The lowest BCUT2D eigenvalue weighted by Crippen LogP contribution is -2.50. The summed E-state index contributed by atoms with van der Waals surface area (Å²) in [4.78, 5) is 60.1. The quantitative estimate of drug-likeness (QED) is 0.357. The maximum absolute atomic E-state index is 12.8. The van der Waals surface area contributed by atoms with Gasteiger partial charge in [-0.25, -0.2) is 9.59 Å². The summed E-state index contributed by atoms with van der Waals surface area (Å²) in [5.41, 5.74) is -1.16. The molecule has 0 bridgehead atoms. The third-order valence-electron chi connectivity index (χ3n) is 4.43. The van der Waals surface area contributed by atoms with E-state index in [-0.39, 0.29) is 38.6 Å². The SMILES string of the molecule is CC1(C)COC(=O)SCCNC(=O)CCNC(=O)[C@@H]1OC(=O)O[C@H](CC(=O)[O-])C[N+](C)(C)C. The number of hydrogen-bond acceptors (Lipinski definition) is 10. The highest BCUT2D eigenvalue weighted by Crippen LogP contribution is 2.26. The van der Waals surface area contributed by atoms with Crippen molar-refractivity contribution in [2.24, 2.45) is 5.41 Å². The maximum atomic E-state index is 12.8. The van der Waals surface area contributed by atoms with Crippen molar-refractivity contribution in [1.82, 2.24) is 10.6 Å². The van der Waals surface area contributed by atoms with Crippen molar-refractivity contribution in [3.05, 3.63) is 0 Å². The molecule has 1 aliphatic rings. The normalized spacial score (nSPS) is 21.5. The topological polar surface area (TPSA) is 160 Å². The van der Waals surface area contributed by atoms with Crippen molar-refractivity contribution >= 4 is 41.0 Å². The molecule has 188 valence electrons. The van der Waals surface area contributed by atoms with Crippen LogP contribution in [-0.4, -0.2) is 99.1 Å². The fourth-order valence-electron chi connectivity index (χ4n) is 2.94. The second-order valence-corrected chi connectivity index (χ2v) is 10.3. The average Bonchev–Trinajstić information content (AvgIpc) is 2.65. The summed E-state index contributed by atoms with van der Waals surface area (Å²) in [6, 6.07) is 0. The molecule has 0 aromatic heterocycles. The molecule has 13 heteroatoms. The lowest BCUT2D eigenvalue weighted by molar-refractivity contribution is -0.873. The third-order valence-corrected chi connectivity index (χ3v) is 5.19. The number of aliphatic carboxylic acids is 1. The van der Waals surface area contributed by atoms with Gasteiger partial charge in [0.1, 0.15) is 13.2 Å². The molecule has 2 N–H and O–H groups in total. The third kappa shape index (κ3) is 11.8. The van der Waals surface area contributed by atoms with Crippen LogP contribution in [0.15, 0.2) is 0 Å². The van der Waals surface area contributed by atoms with Gasteiger partial charge in [-0.05, 0) is 11.8 Å². The number of carbonyl (C=O) groups is 5. The smallest absolute Gasteiger partial charge is 0.509 e. The Morgan fingerprint density at radius 2 is 1.88 bits per heavy atom. The van der Waals surface area contributed by atoms with Crippen LogP contribution < -0.4 is 15.7 Å². The van der Waals surface area contributed by atoms with Crippen LogP contribution in [0.1, 0.15) is 26.7 Å². The summed E-state index contributed by atoms with van der Waals surface area (Å²) in [6.07, 6.45) is -4.29. The highest BCUT2D eigenvalue weighted by Gasteiger charge is 2.41. The standard InChI is InChI=1S/C20H33N3O9S/c1-20(2)12-30-19(29)33-9-8-21-14(24)6-7-22-17(27)16(20)32-18(28)31-13(10-15(25)26)11-23(3,4)5/h13,16H,6-12H2,1-5H3,(H2-,21,22,24,25,26,27)/t13-,16+/m1/s1. The molecule has 0 saturated carbocycles. The Labute approximate surface area is 197 Å². The van der Waals surface area contributed by atoms with Gasteiger partial charge in [-0.3, -0.25) is 9.59 Å². The van der Waals surface area contributed by atoms with Gasteiger partial charge in [-0.1, -0.05) is 13.8 Å². The number of quaternary nitrogens is 1. The summed E-state index contributed by atoms with van der Waals surface area (Å²) in [5.74, 6) is -2.12. The van der Waals surface area contributed by atoms with E-state index in [4.69, 9.17) is 14.2 Å². The van der Waals surface area contributed by atoms with Gasteiger partial charge in [0.25, 0.3) is 5.91 Å². The number of rotatable bonds is 6. The number of ether oxygens (including phenoxy) is 3. The highest BCUT2D eigenvalue weighted by molar-refractivity contribution is 8.13. The number of nitrogens with one attached hydrogen (secondary N) is 2. The van der Waals surface area contributed by atoms with E-state index in [1.165, 1.54) is 0 Å². The van der Waals surface area contributed by atoms with Crippen molar-refractivity contribution in [1.29, 1.82) is 0 Å². The number of carbonyl (C=O) groups excluding carboxylic acids is 5. The maximum Gasteiger partial charge on any atom is 0.509 e. The zero-order valence-electron chi connectivity index (χ0n) is 19.6. The fraction of sp³-hybridized carbons (Fsp3) is 0.750. The largest absolute Gasteiger partial charge is 0.550 e. The Morgan fingerprint density at radius 1 is 1.21 bits per heavy atom. The molecule has 1 rings (SSSR count). The van der Waals surface area contributed by atoms with E-state index < -0.39 is 47.4 Å². The fourth-order valence-corrected chi connectivity index (χ4v) is 3.45. The van der Waals surface area contributed by atoms with Crippen molar-refractivity contribution in [3.8, 4) is 0 Å². The second-order valence-electron chi connectivity index (χ2n) is 9.30. The minimum atomic E-state index is -1.44. The minimum absolute atomic E-state index is 0.00258. The van der Waals surface area contributed by atoms with E-state index >= 15 is 0 Å². The van der Waals surface area contributed by atoms with Gasteiger partial charge in [-0.15, -0.1) is 0 Å². The van der Waals surface area contributed by atoms with Crippen LogP contribution in [0.4, 0.5) is 9.59 Å². The summed E-state index contributed by atoms with van der Waals surface area (Å²) in [6.45, 7) is 3.31. The number of thioether (sulfide) groups is 1. The number of hydrogen-bond donors (Lipinski definition) is 2. The molecule has 0 aliphatic carbocycles. The Balaban J connectivity index is 2.99. The van der Waals surface area contributed by atoms with E-state index in [1.807, 2.05) is 0 Å². The first kappa shape index (κ1) is 28.5. The number of carboxylic acids is 1. The lowest BCUT2D eigenvalue weighted by Gasteiger charge is -2.33. The molecule has 1 heterocycles. The number of nitrogens with zero attached hydrogens (tertiary/aromatic N) is 1. The molecule has 1 saturated heterocycles. The predicted molar refractivity (Wildman–Crippen MR) is 116 cm³/mol. The van der Waals surface area contributed by atoms with Crippen molar-refractivity contribution in [2.75, 3.05) is 53.1 Å². The first-order chi connectivity index (χ1) is 15.2. The Hall–Kier alpha value is -2.54. The number of cyclic esters (lactones) is 1. The summed E-state index contributed by atoms with van der Waals surface area (Å²) in [7, 11) is 5.36. The van der Waals surface area contributed by atoms with Gasteiger partial charge in [0, 0.05) is 43.1 Å². The van der Waals surface area contributed by atoms with Crippen LogP contribution in [0.2, 0.25) is 0 Å². The highest BCUT2D eigenvalue weighted by atomic mass is 32.2. The van der Waals surface area contributed by atoms with Gasteiger partial charge >= 0.3 is 11.5 Å². The van der Waals surface area contributed by atoms with E-state index in [0.29, 0.717) is 10.2 Å². The van der Waals surface area contributed by atoms with Crippen LogP contribution in [0, 0.1) is 5.41 Å². The average molecular weight is 492 g/mol. The van der Waals surface area contributed by atoms with Crippen LogP contribution in [0.5, 0.6) is 0 Å². The molecule has 33 heavy (non-hydrogen) atoms. The molecule has 1 aliphatic heterocycles. The molecule has 2 amide bonds. The molecular formula is C20H33N3O9S. The summed E-state index contributed by atoms with van der Waals surface area (Å²) < 4.78 is 16.0. The van der Waals surface area contributed by atoms with Gasteiger partial charge in [0.05, 0.1) is 21.1 Å². The molecule has 0 radical (unpaired) electrons. The first-order valence-corrected chi connectivity index (χ1v) is 11.4. The predicted octanol–water partition coefficient (Wildman–Crippen LogP) is -0.745. The molecule has 1 fully saturated rings. The molecule has 12 nitrogen and oxygen atoms in total. The second kappa shape index (κ2) is 12.6. The lowest BCUT2D eigenvalue weighted by atomic mass is 9.86. The monoisotopic (exact) mass is 491 g/mol. The van der Waals surface area contributed by atoms with Crippen molar-refractivity contribution < 1.29 is 47.8 Å². The van der Waals surface area contributed by atoms with Gasteiger partial charge in [0.2, 0.25) is 5.91 Å². The van der Waals surface area contributed by atoms with Crippen LogP contribution in [0.25, 0.3) is 0 Å². The number of amides is 2. The number of carboxylic acid groups (broad SMARTS) is 1. The zero-order chi connectivity index (χ0) is 25.2. The Morgan fingerprint density at radius 3 is 2.48 bits per heavy atom. The minimum Gasteiger partial charge on any atom is -0.550 e. The van der Waals surface area contributed by atoms with Gasteiger partial charge < -0.3 is 39.2 Å². The molecule has 0 spiro atoms. The van der Waals surface area contributed by atoms with E-state index in [0.717, 1.165) is 11.8 Å². The summed E-state index contributed by atoms with van der Waals surface area (Å²) >= 11 is 0.869. The number of likely N-dealkylation sites (N-methyl/N-ethyl adjacent to an activating group) is 1. The molecule has 2 atom stereocenters. The van der Waals surface area contributed by atoms with Gasteiger partial charge in [-0.2, -0.15) is 0 Å². The van der Waals surface area contributed by atoms with E-state index in [1.54, 1.807) is 35.0 Å². The molecular weight excluding hydrogens is 458 g/mol. The van der Waals surface area contributed by atoms with Gasteiger partial charge in [0.15, 0.2) is 12.2 Å². The first-order valence-electron chi connectivity index (χ1n) is 10.4. The van der Waals surface area contributed by atoms with Crippen molar-refractivity contribution in [3.63, 3.8) is 0 Å². The zero-order valence-corrected chi connectivity index (χ0v) is 20.5. The van der Waals surface area contributed by atoms with Crippen LogP contribution in [0.3, 0.4) is 0 Å². The molecule has 0 unspecified atom stereocenters. The Bertz CT molecular complexity index is 737. The molecule has 0 aromatic rings. The summed E-state index contributed by atoms with van der Waals surface area (Å²) in [5, 5.41) is 15.6. The van der Waals surface area contributed by atoms with E-state index in [9.17, 15) is 29.1 Å². The van der Waals surface area contributed by atoms with Crippen LogP contribution >= 0.6 is 11.8 Å². The Kier molecular flexibility index (Phi) is 10.9.